The molecule has 3 aromatic carbocycles. The van der Waals surface area contributed by atoms with Crippen molar-refractivity contribution in [2.24, 2.45) is 0 Å². The normalized spacial score (nSPS) is 17.4. The fourth-order valence-corrected chi connectivity index (χ4v) is 5.12. The summed E-state index contributed by atoms with van der Waals surface area (Å²) in [6.07, 6.45) is 1.50. The van der Waals surface area contributed by atoms with Gasteiger partial charge < -0.3 is 33.4 Å². The van der Waals surface area contributed by atoms with Gasteiger partial charge >= 0.3 is 0 Å². The van der Waals surface area contributed by atoms with Crippen molar-refractivity contribution in [3.8, 4) is 23.0 Å². The SMILES string of the molecule is CCOc1cc([C@@H]2C(=C(O)c3ccc4c(c3)OCCO4)C(=O)C(=O)N2Cc2ccco2)ccc1OCc1ccccc1. The Morgan fingerprint density at radius 2 is 1.71 bits per heavy atom. The van der Waals surface area contributed by atoms with E-state index in [9.17, 15) is 14.7 Å². The molecule has 9 nitrogen and oxygen atoms in total. The van der Waals surface area contributed by atoms with Crippen molar-refractivity contribution in [2.75, 3.05) is 19.8 Å². The van der Waals surface area contributed by atoms with Crippen molar-refractivity contribution < 1.29 is 38.1 Å². The molecule has 9 heteroatoms. The summed E-state index contributed by atoms with van der Waals surface area (Å²) in [6, 6.07) is 22.4. The van der Waals surface area contributed by atoms with Crippen LogP contribution in [-0.2, 0) is 22.7 Å². The highest BCUT2D eigenvalue weighted by Crippen LogP contribution is 2.44. The quantitative estimate of drug-likeness (QED) is 0.157. The van der Waals surface area contributed by atoms with Gasteiger partial charge in [-0.1, -0.05) is 36.4 Å². The molecule has 214 valence electrons. The topological polar surface area (TPSA) is 108 Å². The zero-order chi connectivity index (χ0) is 29.1. The Morgan fingerprint density at radius 3 is 2.48 bits per heavy atom. The number of carbonyl (C=O) groups is 2. The third-order valence-corrected chi connectivity index (χ3v) is 7.08. The molecular weight excluding hydrogens is 538 g/mol. The lowest BCUT2D eigenvalue weighted by atomic mass is 9.94. The Kier molecular flexibility index (Phi) is 7.55. The second kappa shape index (κ2) is 11.7. The average molecular weight is 568 g/mol. The molecule has 42 heavy (non-hydrogen) atoms. The molecule has 0 saturated carbocycles. The molecule has 3 heterocycles. The van der Waals surface area contributed by atoms with Gasteiger partial charge in [-0.15, -0.1) is 0 Å². The summed E-state index contributed by atoms with van der Waals surface area (Å²) in [6.45, 7) is 3.37. The van der Waals surface area contributed by atoms with Crippen LogP contribution in [-0.4, -0.2) is 41.5 Å². The van der Waals surface area contributed by atoms with E-state index in [1.54, 1.807) is 48.5 Å². The molecular formula is C33H29NO8. The number of hydrogen-bond donors (Lipinski definition) is 1. The van der Waals surface area contributed by atoms with Gasteiger partial charge in [-0.25, -0.2) is 0 Å². The maximum absolute atomic E-state index is 13.5. The Morgan fingerprint density at radius 1 is 0.905 bits per heavy atom. The highest BCUT2D eigenvalue weighted by Gasteiger charge is 2.46. The minimum atomic E-state index is -0.925. The number of ketones is 1. The summed E-state index contributed by atoms with van der Waals surface area (Å²) in [5.41, 5.74) is 1.84. The lowest BCUT2D eigenvalue weighted by Crippen LogP contribution is -2.29. The van der Waals surface area contributed by atoms with Gasteiger partial charge in [0.2, 0.25) is 0 Å². The highest BCUT2D eigenvalue weighted by atomic mass is 16.6. The predicted octanol–water partition coefficient (Wildman–Crippen LogP) is 5.65. The summed E-state index contributed by atoms with van der Waals surface area (Å²) in [7, 11) is 0. The zero-order valence-electron chi connectivity index (χ0n) is 22.9. The molecule has 6 rings (SSSR count). The van der Waals surface area contributed by atoms with Crippen molar-refractivity contribution in [3.05, 3.63) is 113 Å². The number of aliphatic hydroxyl groups is 1. The standard InChI is InChI=1S/C33H29NO8/c1-2-38-27-17-22(10-12-26(27)42-20-21-7-4-3-5-8-21)30-29(32(36)33(37)34(30)19-24-9-6-14-39-24)31(35)23-11-13-25-28(18-23)41-16-15-40-25/h3-14,17-18,30,35H,2,15-16,19-20H2,1H3/t30-/m1/s1. The van der Waals surface area contributed by atoms with Gasteiger partial charge in [0.1, 0.15) is 31.3 Å². The molecule has 0 unspecified atom stereocenters. The van der Waals surface area contributed by atoms with Crippen molar-refractivity contribution in [1.29, 1.82) is 0 Å². The molecule has 0 aliphatic carbocycles. The average Bonchev–Trinajstić information content (AvgIpc) is 3.63. The van der Waals surface area contributed by atoms with Crippen LogP contribution in [0.25, 0.3) is 5.76 Å². The number of Topliss-reactive ketones (excluding diaryl/α,β-unsaturated/α-hetero) is 1. The van der Waals surface area contributed by atoms with Crippen LogP contribution in [0.15, 0.2) is 95.1 Å². The first kappa shape index (κ1) is 27.0. The number of aliphatic hydroxyl groups excluding tert-OH is 1. The number of fused-ring (bicyclic) bond motifs is 1. The van der Waals surface area contributed by atoms with Crippen LogP contribution in [0.2, 0.25) is 0 Å². The van der Waals surface area contributed by atoms with Gasteiger partial charge in [-0.2, -0.15) is 0 Å². The number of likely N-dealkylation sites (tertiary alicyclic amines) is 1. The van der Waals surface area contributed by atoms with Gasteiger partial charge in [0.25, 0.3) is 11.7 Å². The molecule has 1 saturated heterocycles. The van der Waals surface area contributed by atoms with Crippen molar-refractivity contribution in [2.45, 2.75) is 26.1 Å². The molecule has 0 bridgehead atoms. The van der Waals surface area contributed by atoms with Gasteiger partial charge in [-0.05, 0) is 60.5 Å². The number of amides is 1. The van der Waals surface area contributed by atoms with E-state index in [-0.39, 0.29) is 17.9 Å². The molecule has 0 radical (unpaired) electrons. The molecule has 1 N–H and O–H groups in total. The van der Waals surface area contributed by atoms with E-state index >= 15 is 0 Å². The fraction of sp³-hybridized carbons (Fsp3) is 0.212. The number of nitrogens with zero attached hydrogens (tertiary/aromatic N) is 1. The van der Waals surface area contributed by atoms with Gasteiger partial charge in [-0.3, -0.25) is 9.59 Å². The van der Waals surface area contributed by atoms with E-state index < -0.39 is 17.7 Å². The van der Waals surface area contributed by atoms with E-state index in [0.29, 0.717) is 66.3 Å². The molecule has 2 aliphatic heterocycles. The maximum Gasteiger partial charge on any atom is 0.296 e. The maximum atomic E-state index is 13.5. The lowest BCUT2D eigenvalue weighted by Gasteiger charge is -2.25. The Balaban J connectivity index is 1.42. The third-order valence-electron chi connectivity index (χ3n) is 7.08. The summed E-state index contributed by atoms with van der Waals surface area (Å²) in [5.74, 6) is 0.575. The number of furan rings is 1. The van der Waals surface area contributed by atoms with Gasteiger partial charge in [0, 0.05) is 5.56 Å². The first-order valence-corrected chi connectivity index (χ1v) is 13.7. The molecule has 4 aromatic rings. The van der Waals surface area contributed by atoms with Crippen molar-refractivity contribution in [1.82, 2.24) is 4.90 Å². The minimum absolute atomic E-state index is 0.0242. The first-order valence-electron chi connectivity index (χ1n) is 13.7. The number of ether oxygens (including phenoxy) is 4. The molecule has 1 atom stereocenters. The molecule has 0 spiro atoms. The molecule has 1 fully saturated rings. The number of rotatable bonds is 9. The largest absolute Gasteiger partial charge is 0.507 e. The van der Waals surface area contributed by atoms with Crippen LogP contribution in [0, 0.1) is 0 Å². The number of carbonyl (C=O) groups excluding carboxylic acids is 2. The molecule has 2 aliphatic rings. The summed E-state index contributed by atoms with van der Waals surface area (Å²) >= 11 is 0. The van der Waals surface area contributed by atoms with E-state index in [1.807, 2.05) is 37.3 Å². The molecule has 1 aromatic heterocycles. The van der Waals surface area contributed by atoms with Crippen LogP contribution in [0.1, 0.15) is 35.4 Å². The van der Waals surface area contributed by atoms with Crippen molar-refractivity contribution in [3.63, 3.8) is 0 Å². The number of hydrogen-bond acceptors (Lipinski definition) is 8. The molecule has 1 amide bonds. The van der Waals surface area contributed by atoms with E-state index in [2.05, 4.69) is 0 Å². The van der Waals surface area contributed by atoms with E-state index in [4.69, 9.17) is 23.4 Å². The second-order valence-electron chi connectivity index (χ2n) is 9.78. The van der Waals surface area contributed by atoms with Crippen LogP contribution in [0.5, 0.6) is 23.0 Å². The van der Waals surface area contributed by atoms with E-state index in [0.717, 1.165) is 5.56 Å². The van der Waals surface area contributed by atoms with Crippen molar-refractivity contribution >= 4 is 17.4 Å². The van der Waals surface area contributed by atoms with E-state index in [1.165, 1.54) is 11.2 Å². The Labute approximate surface area is 242 Å². The predicted molar refractivity (Wildman–Crippen MR) is 152 cm³/mol. The summed E-state index contributed by atoms with van der Waals surface area (Å²) in [4.78, 5) is 28.3. The smallest absolute Gasteiger partial charge is 0.296 e. The first-order chi connectivity index (χ1) is 20.5. The highest BCUT2D eigenvalue weighted by molar-refractivity contribution is 6.46. The van der Waals surface area contributed by atoms with Crippen LogP contribution >= 0.6 is 0 Å². The summed E-state index contributed by atoms with van der Waals surface area (Å²) < 4.78 is 28.8. The monoisotopic (exact) mass is 567 g/mol. The van der Waals surface area contributed by atoms with Crippen LogP contribution in [0.3, 0.4) is 0 Å². The fourth-order valence-electron chi connectivity index (χ4n) is 5.12. The Bertz CT molecular complexity index is 1630. The van der Waals surface area contributed by atoms with Crippen LogP contribution in [0.4, 0.5) is 0 Å². The Hall–Kier alpha value is -5.18. The summed E-state index contributed by atoms with van der Waals surface area (Å²) in [5, 5.41) is 11.5. The number of benzene rings is 3. The second-order valence-corrected chi connectivity index (χ2v) is 9.78. The zero-order valence-corrected chi connectivity index (χ0v) is 22.9. The van der Waals surface area contributed by atoms with Gasteiger partial charge in [0.05, 0.1) is 31.0 Å². The van der Waals surface area contributed by atoms with Gasteiger partial charge in [0.15, 0.2) is 23.0 Å². The lowest BCUT2D eigenvalue weighted by molar-refractivity contribution is -0.140. The van der Waals surface area contributed by atoms with Crippen LogP contribution < -0.4 is 18.9 Å². The third kappa shape index (κ3) is 5.28. The minimum Gasteiger partial charge on any atom is -0.507 e.